The van der Waals surface area contributed by atoms with Crippen LogP contribution in [0.2, 0.25) is 0 Å². The molecule has 7 aromatic rings. The molecular formula is C78H79F4N18O17-. The molecule has 117 heavy (non-hydrogen) atoms. The van der Waals surface area contributed by atoms with Gasteiger partial charge in [-0.05, 0) is 86.2 Å². The molecule has 1 aliphatic carbocycles. The predicted molar refractivity (Wildman–Crippen MR) is 397 cm³/mol. The number of nitrogens with one attached hydrogen (secondary N) is 6. The maximum absolute atomic E-state index is 14.1. The molecule has 0 saturated carbocycles. The Morgan fingerprint density at radius 3 is 1.70 bits per heavy atom. The highest BCUT2D eigenvalue weighted by atomic mass is 19.3. The quantitative estimate of drug-likeness (QED) is 0.0167. The number of hydrogen-bond acceptors (Lipinski definition) is 24. The van der Waals surface area contributed by atoms with E-state index in [9.17, 15) is 81.0 Å². The number of rotatable bonds is 37. The van der Waals surface area contributed by atoms with E-state index >= 15 is 0 Å². The second-order valence-corrected chi connectivity index (χ2v) is 27.5. The lowest BCUT2D eigenvalue weighted by Gasteiger charge is -2.36. The first-order valence-electron chi connectivity index (χ1n) is 36.9. The molecule has 39 heteroatoms. The molecule has 2 saturated heterocycles. The van der Waals surface area contributed by atoms with Crippen LogP contribution in [-0.2, 0) is 69.1 Å². The zero-order valence-corrected chi connectivity index (χ0v) is 63.0. The molecule has 0 radical (unpaired) electrons. The highest BCUT2D eigenvalue weighted by molar-refractivity contribution is 6.02. The monoisotopic (exact) mass is 1620 g/mol. The fraction of sp³-hybridized carbons (Fsp3) is 0.385. The number of aromatic nitrogens is 8. The number of likely N-dealkylation sites (tertiary alicyclic amines) is 2. The van der Waals surface area contributed by atoms with E-state index in [0.717, 1.165) is 9.80 Å². The maximum Gasteiger partial charge on any atom is 0.306 e. The van der Waals surface area contributed by atoms with Gasteiger partial charge in [-0.15, -0.1) is 10.2 Å². The maximum atomic E-state index is 14.1. The van der Waals surface area contributed by atoms with Crippen molar-refractivity contribution >= 4 is 59.0 Å². The number of nitriles is 1. The predicted octanol–water partition coefficient (Wildman–Crippen LogP) is 2.97. The summed E-state index contributed by atoms with van der Waals surface area (Å²) in [6.07, 6.45) is 7.21. The van der Waals surface area contributed by atoms with Gasteiger partial charge in [-0.2, -0.15) is 5.26 Å². The minimum absolute atomic E-state index is 0.0253. The molecule has 6 atom stereocenters. The van der Waals surface area contributed by atoms with Crippen LogP contribution in [-0.4, -0.2) is 229 Å². The molecular weight excluding hydrogens is 1540 g/mol. The van der Waals surface area contributed by atoms with Crippen molar-refractivity contribution in [3.63, 3.8) is 0 Å². The fourth-order valence-electron chi connectivity index (χ4n) is 13.1. The number of allylic oxidation sites excluding steroid dienone is 3. The number of aromatic hydroxyl groups is 1. The van der Waals surface area contributed by atoms with Gasteiger partial charge in [0.15, 0.2) is 5.78 Å². The van der Waals surface area contributed by atoms with Crippen molar-refractivity contribution in [3.05, 3.63) is 189 Å². The lowest BCUT2D eigenvalue weighted by molar-refractivity contribution is -0.255. The summed E-state index contributed by atoms with van der Waals surface area (Å²) in [7, 11) is 0. The summed E-state index contributed by atoms with van der Waals surface area (Å²) in [5.41, 5.74) is 3.05. The summed E-state index contributed by atoms with van der Waals surface area (Å²) < 4.78 is 87.6. The van der Waals surface area contributed by atoms with E-state index in [4.69, 9.17) is 30.3 Å². The van der Waals surface area contributed by atoms with Crippen LogP contribution in [0.25, 0.3) is 27.4 Å². The number of phenols is 1. The largest absolute Gasteiger partial charge is 0.545 e. The Morgan fingerprint density at radius 1 is 0.641 bits per heavy atom. The number of carboxylic acid groups (broad SMARTS) is 1. The number of carbonyl (C=O) groups is 10. The zero-order valence-electron chi connectivity index (χ0n) is 63.0. The van der Waals surface area contributed by atoms with Crippen LogP contribution in [0.5, 0.6) is 11.5 Å². The van der Waals surface area contributed by atoms with Gasteiger partial charge in [0, 0.05) is 113 Å². The van der Waals surface area contributed by atoms with Crippen LogP contribution in [0.4, 0.5) is 17.6 Å². The van der Waals surface area contributed by atoms with Gasteiger partial charge in [0.2, 0.25) is 17.7 Å². The van der Waals surface area contributed by atoms with Crippen molar-refractivity contribution < 1.29 is 99.4 Å². The Morgan fingerprint density at radius 2 is 1.15 bits per heavy atom. The van der Waals surface area contributed by atoms with Crippen molar-refractivity contribution in [2.45, 2.75) is 108 Å². The van der Waals surface area contributed by atoms with E-state index in [2.05, 4.69) is 67.3 Å². The number of nitrogens with zero attached hydrogens (tertiary/aromatic N) is 12. The number of hydrogen-bond donors (Lipinski definition) is 7. The summed E-state index contributed by atoms with van der Waals surface area (Å²) >= 11 is 0. The molecule has 2 unspecified atom stereocenters. The molecule has 4 aromatic heterocycles. The van der Waals surface area contributed by atoms with E-state index in [0.29, 0.717) is 39.5 Å². The molecule has 2 fully saturated rings. The number of alkyl halides is 4. The number of phenolic OH excluding ortho intramolecular Hbond substituents is 1. The van der Waals surface area contributed by atoms with E-state index in [-0.39, 0.29) is 173 Å². The van der Waals surface area contributed by atoms with Gasteiger partial charge in [0.25, 0.3) is 41.4 Å². The minimum Gasteiger partial charge on any atom is -0.545 e. The highest BCUT2D eigenvalue weighted by Gasteiger charge is 2.52. The molecule has 11 rings (SSSR count). The molecule has 7 heterocycles. The molecule has 8 amide bonds. The standard InChI is InChI=1S/C78H80F4N18O17/c1-45(74(109)99-43-77(79,80)36-55(99)38-83)91-72(107)48-10-14-85-53(31-48)39-89-67(103)12-20-113-24-26-115-22-18-97-41-62(93-95-97)50-28-51(30-52(29-50)71(106)88-17-16-87-70(105)47-4-7-58(61(33-47)76(111)112)69-59-8-5-56(101)34-64(59)117-65-35-57(102)6-9-60(65)69)63-42-98(96-94-63)19-23-116-27-25-114-21-13-68(104)90-40-54-32-49(11-15-86-54)73(108)92-46(2)75(110)100-44-78(81,82)37-66(100)84-3/h4-11,14-15,28-35,41-42,45-46,55,59,66,69,102H,12-13,16-27,36-37,39-40,43-44H2,1-2H3,(H,87,105)(H,88,106)(H,89,103)(H,90,104)(H,91,107)(H,92,108)(H,111,112)/p-1/t45-,46-,55+,59?,66-,69?/m0/s1. The number of halogens is 4. The van der Waals surface area contributed by atoms with E-state index in [1.54, 1.807) is 48.8 Å². The van der Waals surface area contributed by atoms with Crippen molar-refractivity contribution in [1.29, 1.82) is 5.26 Å². The van der Waals surface area contributed by atoms with Gasteiger partial charge < -0.3 is 75.5 Å². The second-order valence-electron chi connectivity index (χ2n) is 27.5. The molecule has 35 nitrogen and oxygen atoms in total. The van der Waals surface area contributed by atoms with Crippen LogP contribution in [0.1, 0.15) is 120 Å². The number of carboxylic acids is 1. The number of ketones is 1. The lowest BCUT2D eigenvalue weighted by Crippen LogP contribution is -2.48. The van der Waals surface area contributed by atoms with Crippen molar-refractivity contribution in [2.24, 2.45) is 5.92 Å². The third-order valence-electron chi connectivity index (χ3n) is 19.0. The summed E-state index contributed by atoms with van der Waals surface area (Å²) in [4.78, 5) is 143. The Bertz CT molecular complexity index is 4860. The SMILES string of the molecule is [C-]#[N+][C@@H]1CC(F)(F)CN1C(=O)[C@H](C)NC(=O)c1ccnc(CNC(=O)CCOCCOCCn2cc(-c3cc(C(=O)NCCNC(=O)c4ccc(C5c6ccc(O)cc6OC6=CC(=O)C=CC65)c(C(=O)[O-])c4)cc(-c4cn(CCOCCOCCC(=O)NCc5cc(C(=O)N[C@@H](C)C(=O)N6CC(F)(F)C[C@@H]6C#N)ccn5)nn4)c3)nn2)c1. The summed E-state index contributed by atoms with van der Waals surface area (Å²) in [5.74, 6) is -14.4. The minimum atomic E-state index is -3.22. The number of pyridine rings is 2. The second kappa shape index (κ2) is 38.7. The molecule has 0 bridgehead atoms. The number of fused-ring (bicyclic) bond motifs is 2. The average Bonchev–Trinajstić information content (AvgIpc) is 1.55. The van der Waals surface area contributed by atoms with Crippen LogP contribution < -0.4 is 41.7 Å². The van der Waals surface area contributed by atoms with E-state index < -0.39 is 115 Å². The Labute approximate surface area is 664 Å². The smallest absolute Gasteiger partial charge is 0.306 e. The first-order valence-corrected chi connectivity index (χ1v) is 36.9. The lowest BCUT2D eigenvalue weighted by atomic mass is 9.74. The molecule has 3 aromatic carbocycles. The summed E-state index contributed by atoms with van der Waals surface area (Å²) in [5, 5.41) is 65.4. The van der Waals surface area contributed by atoms with Crippen molar-refractivity contribution in [2.75, 3.05) is 79.0 Å². The van der Waals surface area contributed by atoms with Gasteiger partial charge >= 0.3 is 6.17 Å². The van der Waals surface area contributed by atoms with Gasteiger partial charge in [-0.25, -0.2) is 33.5 Å². The number of ether oxygens (including phenoxy) is 5. The average molecular weight is 1620 g/mol. The Kier molecular flexibility index (Phi) is 28.0. The molecule has 7 N–H and O–H groups in total. The third-order valence-corrected chi connectivity index (χ3v) is 19.0. The van der Waals surface area contributed by atoms with Gasteiger partial charge in [0.05, 0.1) is 128 Å². The normalized spacial score (nSPS) is 17.3. The van der Waals surface area contributed by atoms with Crippen LogP contribution >= 0.6 is 0 Å². The number of carbonyl (C=O) groups excluding carboxylic acids is 10. The topological polar surface area (TPSA) is 454 Å². The van der Waals surface area contributed by atoms with E-state index in [1.165, 1.54) is 102 Å². The zero-order chi connectivity index (χ0) is 83.5. The molecule has 4 aliphatic rings. The van der Waals surface area contributed by atoms with Crippen molar-refractivity contribution in [1.82, 2.24) is 81.7 Å². The first-order chi connectivity index (χ1) is 56.1. The molecule has 612 valence electrons. The number of amides is 8. The number of benzene rings is 3. The van der Waals surface area contributed by atoms with Crippen LogP contribution in [0.15, 0.2) is 128 Å². The summed E-state index contributed by atoms with van der Waals surface area (Å²) in [6, 6.07) is 16.9. The molecule has 0 spiro atoms. The van der Waals surface area contributed by atoms with Gasteiger partial charge in [-0.3, -0.25) is 62.9 Å². The first kappa shape index (κ1) is 84.7. The van der Waals surface area contributed by atoms with Gasteiger partial charge in [0.1, 0.15) is 53.2 Å². The highest BCUT2D eigenvalue weighted by Crippen LogP contribution is 2.49. The van der Waals surface area contributed by atoms with Gasteiger partial charge in [-0.1, -0.05) is 28.6 Å². The fourth-order valence-corrected chi connectivity index (χ4v) is 13.1. The Balaban J connectivity index is 0.639. The van der Waals surface area contributed by atoms with Crippen LogP contribution in [0, 0.1) is 23.8 Å². The Hall–Kier alpha value is -13.2. The van der Waals surface area contributed by atoms with Crippen LogP contribution in [0.3, 0.4) is 0 Å². The summed E-state index contributed by atoms with van der Waals surface area (Å²) in [6.45, 7) is 9.15. The third kappa shape index (κ3) is 22.6. The van der Waals surface area contributed by atoms with E-state index in [1.807, 2.05) is 0 Å². The molecule has 3 aliphatic heterocycles. The van der Waals surface area contributed by atoms with Crippen molar-refractivity contribution in [3.8, 4) is 40.1 Å². The number of aromatic carboxylic acids is 1.